The molecule has 0 saturated heterocycles. The molecule has 7 nitrogen and oxygen atoms in total. The van der Waals surface area contributed by atoms with E-state index in [1.54, 1.807) is 0 Å². The molecule has 106 valence electrons. The number of hydrogen-bond donors (Lipinski definition) is 3. The molecule has 2 atom stereocenters. The van der Waals surface area contributed by atoms with Gasteiger partial charge in [0.1, 0.15) is 11.6 Å². The van der Waals surface area contributed by atoms with Gasteiger partial charge in [-0.1, -0.05) is 24.4 Å². The van der Waals surface area contributed by atoms with Gasteiger partial charge in [0.2, 0.25) is 5.95 Å². The minimum atomic E-state index is -1.04. The molecule has 1 aliphatic carbocycles. The Balaban J connectivity index is 2.08. The second kappa shape index (κ2) is 6.39. The van der Waals surface area contributed by atoms with E-state index in [1.807, 2.05) is 6.07 Å². The summed E-state index contributed by atoms with van der Waals surface area (Å²) in [5, 5.41) is 23.3. The molecule has 1 fully saturated rings. The number of amides is 1. The molecule has 20 heavy (non-hydrogen) atoms. The minimum Gasteiger partial charge on any atom is -0.465 e. The van der Waals surface area contributed by atoms with Gasteiger partial charge in [0.25, 0.3) is 0 Å². The third-order valence-corrected chi connectivity index (χ3v) is 3.54. The van der Waals surface area contributed by atoms with Crippen LogP contribution in [0.1, 0.15) is 31.2 Å². The Hall–Kier alpha value is -2.07. The first-order valence-electron chi connectivity index (χ1n) is 6.29. The highest BCUT2D eigenvalue weighted by atomic mass is 35.5. The van der Waals surface area contributed by atoms with Crippen molar-refractivity contribution >= 4 is 23.6 Å². The maximum Gasteiger partial charge on any atom is 0.404 e. The average Bonchev–Trinajstić information content (AvgIpc) is 2.41. The minimum absolute atomic E-state index is 0.0798. The lowest BCUT2D eigenvalue weighted by Crippen LogP contribution is -2.48. The first-order valence-corrected chi connectivity index (χ1v) is 6.66. The molecule has 8 heteroatoms. The number of halogens is 1. The largest absolute Gasteiger partial charge is 0.465 e. The number of nitrogens with one attached hydrogen (secondary N) is 2. The lowest BCUT2D eigenvalue weighted by molar-refractivity contribution is 0.184. The number of anilines is 1. The highest BCUT2D eigenvalue weighted by Crippen LogP contribution is 2.22. The molecule has 1 saturated carbocycles. The molecule has 1 aliphatic rings. The SMILES string of the molecule is N#Cc1cnc(N[C@@H]2CCCC[C@@H]2NC(=O)O)nc1Cl. The molecule has 0 radical (unpaired) electrons. The van der Waals surface area contributed by atoms with Crippen molar-refractivity contribution in [2.75, 3.05) is 5.32 Å². The van der Waals surface area contributed by atoms with Gasteiger partial charge in [-0.2, -0.15) is 10.2 Å². The Bertz CT molecular complexity index is 545. The summed E-state index contributed by atoms with van der Waals surface area (Å²) in [6.45, 7) is 0. The van der Waals surface area contributed by atoms with Crippen LogP contribution in [0.15, 0.2) is 6.20 Å². The monoisotopic (exact) mass is 295 g/mol. The zero-order valence-corrected chi connectivity index (χ0v) is 11.4. The Labute approximate surface area is 121 Å². The predicted octanol–water partition coefficient (Wildman–Crippen LogP) is 1.99. The summed E-state index contributed by atoms with van der Waals surface area (Å²) in [5.41, 5.74) is 0.209. The predicted molar refractivity (Wildman–Crippen MR) is 72.6 cm³/mol. The van der Waals surface area contributed by atoms with Crippen molar-refractivity contribution in [3.63, 3.8) is 0 Å². The van der Waals surface area contributed by atoms with Gasteiger partial charge in [0, 0.05) is 6.04 Å². The van der Waals surface area contributed by atoms with Crippen LogP contribution < -0.4 is 10.6 Å². The molecule has 3 N–H and O–H groups in total. The van der Waals surface area contributed by atoms with E-state index in [1.165, 1.54) is 6.20 Å². The summed E-state index contributed by atoms with van der Waals surface area (Å²) >= 11 is 5.84. The average molecular weight is 296 g/mol. The van der Waals surface area contributed by atoms with Crippen LogP contribution in [0.2, 0.25) is 5.15 Å². The summed E-state index contributed by atoms with van der Waals surface area (Å²) in [7, 11) is 0. The van der Waals surface area contributed by atoms with Gasteiger partial charge in [-0.05, 0) is 12.8 Å². The fraction of sp³-hybridized carbons (Fsp3) is 0.500. The highest BCUT2D eigenvalue weighted by molar-refractivity contribution is 6.30. The molecule has 0 bridgehead atoms. The van der Waals surface area contributed by atoms with Crippen molar-refractivity contribution in [1.82, 2.24) is 15.3 Å². The van der Waals surface area contributed by atoms with Crippen LogP contribution in [0.5, 0.6) is 0 Å². The molecule has 1 aromatic rings. The maximum absolute atomic E-state index is 10.8. The highest BCUT2D eigenvalue weighted by Gasteiger charge is 2.27. The Kier molecular flexibility index (Phi) is 4.58. The number of aromatic nitrogens is 2. The first kappa shape index (κ1) is 14.3. The van der Waals surface area contributed by atoms with E-state index in [2.05, 4.69) is 20.6 Å². The molecule has 0 spiro atoms. The molecular formula is C12H14ClN5O2. The van der Waals surface area contributed by atoms with Crippen LogP contribution in [-0.2, 0) is 0 Å². The van der Waals surface area contributed by atoms with E-state index in [-0.39, 0.29) is 22.8 Å². The molecular weight excluding hydrogens is 282 g/mol. The number of carbonyl (C=O) groups is 1. The van der Waals surface area contributed by atoms with Crippen LogP contribution in [0, 0.1) is 11.3 Å². The van der Waals surface area contributed by atoms with Gasteiger partial charge in [-0.25, -0.2) is 9.78 Å². The topological polar surface area (TPSA) is 111 Å². The first-order chi connectivity index (χ1) is 9.60. The van der Waals surface area contributed by atoms with Gasteiger partial charge in [-0.3, -0.25) is 0 Å². The lowest BCUT2D eigenvalue weighted by atomic mass is 9.90. The second-order valence-electron chi connectivity index (χ2n) is 4.60. The number of rotatable bonds is 3. The fourth-order valence-corrected chi connectivity index (χ4v) is 2.48. The summed E-state index contributed by atoms with van der Waals surface area (Å²) in [5.74, 6) is 0.304. The fourth-order valence-electron chi connectivity index (χ4n) is 2.31. The molecule has 1 heterocycles. The van der Waals surface area contributed by atoms with Crippen molar-refractivity contribution in [2.45, 2.75) is 37.8 Å². The van der Waals surface area contributed by atoms with E-state index < -0.39 is 6.09 Å². The van der Waals surface area contributed by atoms with Gasteiger partial charge in [0.15, 0.2) is 5.15 Å². The van der Waals surface area contributed by atoms with Crippen LogP contribution in [0.3, 0.4) is 0 Å². The number of hydrogen-bond acceptors (Lipinski definition) is 5. The van der Waals surface area contributed by atoms with Gasteiger partial charge < -0.3 is 15.7 Å². The van der Waals surface area contributed by atoms with Gasteiger partial charge >= 0.3 is 6.09 Å². The van der Waals surface area contributed by atoms with E-state index >= 15 is 0 Å². The quantitative estimate of drug-likeness (QED) is 0.735. The summed E-state index contributed by atoms with van der Waals surface area (Å²) in [4.78, 5) is 18.8. The number of nitriles is 1. The molecule has 0 aliphatic heterocycles. The lowest BCUT2D eigenvalue weighted by Gasteiger charge is -2.31. The second-order valence-corrected chi connectivity index (χ2v) is 4.96. The van der Waals surface area contributed by atoms with Crippen molar-refractivity contribution in [1.29, 1.82) is 5.26 Å². The Morgan fingerprint density at radius 1 is 1.45 bits per heavy atom. The van der Waals surface area contributed by atoms with Crippen molar-refractivity contribution < 1.29 is 9.90 Å². The zero-order chi connectivity index (χ0) is 14.5. The van der Waals surface area contributed by atoms with Crippen LogP contribution in [-0.4, -0.2) is 33.3 Å². The molecule has 0 unspecified atom stereocenters. The molecule has 2 rings (SSSR count). The smallest absolute Gasteiger partial charge is 0.404 e. The van der Waals surface area contributed by atoms with E-state index in [4.69, 9.17) is 22.0 Å². The van der Waals surface area contributed by atoms with Crippen molar-refractivity contribution in [3.8, 4) is 6.07 Å². The third-order valence-electron chi connectivity index (χ3n) is 3.25. The Morgan fingerprint density at radius 2 is 2.15 bits per heavy atom. The summed E-state index contributed by atoms with van der Waals surface area (Å²) in [6, 6.07) is 1.63. The van der Waals surface area contributed by atoms with Crippen LogP contribution in [0.25, 0.3) is 0 Å². The summed E-state index contributed by atoms with van der Waals surface area (Å²) < 4.78 is 0. The van der Waals surface area contributed by atoms with Crippen molar-refractivity contribution in [2.24, 2.45) is 0 Å². The summed E-state index contributed by atoms with van der Waals surface area (Å²) in [6.07, 6.45) is 3.90. The maximum atomic E-state index is 10.8. The van der Waals surface area contributed by atoms with E-state index in [0.717, 1.165) is 25.7 Å². The van der Waals surface area contributed by atoms with E-state index in [0.29, 0.717) is 5.95 Å². The third kappa shape index (κ3) is 3.48. The van der Waals surface area contributed by atoms with Crippen molar-refractivity contribution in [3.05, 3.63) is 16.9 Å². The van der Waals surface area contributed by atoms with Crippen LogP contribution >= 0.6 is 11.6 Å². The van der Waals surface area contributed by atoms with E-state index in [9.17, 15) is 4.79 Å². The number of nitrogens with zero attached hydrogens (tertiary/aromatic N) is 3. The molecule has 1 aromatic heterocycles. The standard InChI is InChI=1S/C12H14ClN5O2/c13-10-7(5-14)6-15-11(18-10)16-8-3-1-2-4-9(8)17-12(19)20/h6,8-9,17H,1-4H2,(H,19,20)(H,15,16,18)/t8-,9+/m1/s1. The number of carboxylic acid groups (broad SMARTS) is 1. The Morgan fingerprint density at radius 3 is 2.75 bits per heavy atom. The zero-order valence-electron chi connectivity index (χ0n) is 10.6. The molecule has 1 amide bonds. The van der Waals surface area contributed by atoms with Gasteiger partial charge in [0.05, 0.1) is 12.2 Å². The van der Waals surface area contributed by atoms with Gasteiger partial charge in [-0.15, -0.1) is 0 Å². The normalized spacial score (nSPS) is 21.8. The molecule has 0 aromatic carbocycles. The van der Waals surface area contributed by atoms with Crippen LogP contribution in [0.4, 0.5) is 10.7 Å².